The predicted octanol–water partition coefficient (Wildman–Crippen LogP) is 8.83. The lowest BCUT2D eigenvalue weighted by Gasteiger charge is -2.15. The second kappa shape index (κ2) is 28.9. The van der Waals surface area contributed by atoms with Crippen molar-refractivity contribution in [1.82, 2.24) is 5.32 Å². The molecule has 2 N–H and O–H groups in total. The van der Waals surface area contributed by atoms with Crippen LogP contribution < -0.4 is 5.32 Å². The molecule has 1 amide bonds. The molecule has 0 bridgehead atoms. The van der Waals surface area contributed by atoms with Crippen LogP contribution in [0.25, 0.3) is 0 Å². The number of carboxylic acid groups (broad SMARTS) is 1. The standard InChI is InChI=1S/C33H59NO5/c1-3-5-7-8-9-10-11-12-13-14-15-16-17-18-24-28-33(38)39-30(25-21-6-4-2)26-22-19-20-23-27-31(35)34-29-32(36)37/h12-13,21,25,30H,3-11,14-20,22-24,26-29H2,1-2H3,(H,34,35)(H,36,37)/b13-12-,25-21-. The largest absolute Gasteiger partial charge is 0.480 e. The molecule has 0 fully saturated rings. The summed E-state index contributed by atoms with van der Waals surface area (Å²) in [4.78, 5) is 34.4. The van der Waals surface area contributed by atoms with E-state index in [1.54, 1.807) is 0 Å². The maximum atomic E-state index is 12.4. The number of carbonyl (C=O) groups excluding carboxylic acids is 2. The van der Waals surface area contributed by atoms with E-state index in [-0.39, 0.29) is 24.5 Å². The van der Waals surface area contributed by atoms with Crippen molar-refractivity contribution in [3.05, 3.63) is 24.3 Å². The molecule has 0 aliphatic carbocycles. The molecule has 6 nitrogen and oxygen atoms in total. The lowest BCUT2D eigenvalue weighted by atomic mass is 10.1. The van der Waals surface area contributed by atoms with Gasteiger partial charge in [0.15, 0.2) is 0 Å². The van der Waals surface area contributed by atoms with E-state index in [9.17, 15) is 14.4 Å². The van der Waals surface area contributed by atoms with Gasteiger partial charge < -0.3 is 15.2 Å². The molecule has 0 aromatic heterocycles. The van der Waals surface area contributed by atoms with Crippen molar-refractivity contribution in [3.63, 3.8) is 0 Å². The molecule has 6 heteroatoms. The van der Waals surface area contributed by atoms with Crippen LogP contribution in [0, 0.1) is 0 Å². The number of aliphatic carboxylic acids is 1. The van der Waals surface area contributed by atoms with Crippen molar-refractivity contribution >= 4 is 17.8 Å². The molecule has 0 spiro atoms. The van der Waals surface area contributed by atoms with Gasteiger partial charge >= 0.3 is 11.9 Å². The summed E-state index contributed by atoms with van der Waals surface area (Å²) in [6.07, 6.45) is 32.0. The van der Waals surface area contributed by atoms with Gasteiger partial charge in [0.25, 0.3) is 0 Å². The van der Waals surface area contributed by atoms with Gasteiger partial charge in [0.2, 0.25) is 5.91 Å². The van der Waals surface area contributed by atoms with E-state index in [2.05, 4.69) is 37.4 Å². The first-order chi connectivity index (χ1) is 19.0. The quantitative estimate of drug-likeness (QED) is 0.0578. The fourth-order valence-corrected chi connectivity index (χ4v) is 4.42. The van der Waals surface area contributed by atoms with Crippen LogP contribution in [0.2, 0.25) is 0 Å². The number of allylic oxidation sites excluding steroid dienone is 3. The van der Waals surface area contributed by atoms with Crippen molar-refractivity contribution < 1.29 is 24.2 Å². The van der Waals surface area contributed by atoms with Gasteiger partial charge in [-0.2, -0.15) is 0 Å². The Kier molecular flexibility index (Phi) is 27.3. The third-order valence-electron chi connectivity index (χ3n) is 6.81. The van der Waals surface area contributed by atoms with Crippen molar-refractivity contribution in [2.45, 2.75) is 161 Å². The number of unbranched alkanes of at least 4 members (excludes halogenated alkanes) is 15. The second-order valence-corrected chi connectivity index (χ2v) is 10.7. The highest BCUT2D eigenvalue weighted by molar-refractivity contribution is 5.80. The molecule has 0 radical (unpaired) electrons. The van der Waals surface area contributed by atoms with Gasteiger partial charge in [0.05, 0.1) is 0 Å². The van der Waals surface area contributed by atoms with Gasteiger partial charge in [-0.05, 0) is 63.9 Å². The number of hydrogen-bond donors (Lipinski definition) is 2. The van der Waals surface area contributed by atoms with Crippen LogP contribution in [0.5, 0.6) is 0 Å². The molecule has 39 heavy (non-hydrogen) atoms. The molecule has 0 aromatic carbocycles. The fourth-order valence-electron chi connectivity index (χ4n) is 4.42. The Morgan fingerprint density at radius 3 is 1.85 bits per heavy atom. The third-order valence-corrected chi connectivity index (χ3v) is 6.81. The van der Waals surface area contributed by atoms with Gasteiger partial charge in [0.1, 0.15) is 12.6 Å². The Morgan fingerprint density at radius 2 is 1.23 bits per heavy atom. The maximum absolute atomic E-state index is 12.4. The van der Waals surface area contributed by atoms with Gasteiger partial charge in [-0.15, -0.1) is 0 Å². The Morgan fingerprint density at radius 1 is 0.667 bits per heavy atom. The van der Waals surface area contributed by atoms with Crippen molar-refractivity contribution in [2.75, 3.05) is 6.54 Å². The van der Waals surface area contributed by atoms with Crippen LogP contribution in [0.1, 0.15) is 155 Å². The van der Waals surface area contributed by atoms with E-state index in [1.165, 1.54) is 70.6 Å². The summed E-state index contributed by atoms with van der Waals surface area (Å²) in [7, 11) is 0. The second-order valence-electron chi connectivity index (χ2n) is 10.7. The molecule has 0 heterocycles. The topological polar surface area (TPSA) is 92.7 Å². The van der Waals surface area contributed by atoms with E-state index in [4.69, 9.17) is 9.84 Å². The summed E-state index contributed by atoms with van der Waals surface area (Å²) < 4.78 is 5.76. The van der Waals surface area contributed by atoms with Crippen LogP contribution in [0.3, 0.4) is 0 Å². The number of carboxylic acids is 1. The average molecular weight is 550 g/mol. The average Bonchev–Trinajstić information content (AvgIpc) is 2.91. The SMILES string of the molecule is CCC/C=C\C(CCCCCCC(=O)NCC(=O)O)OC(=O)CCCCCCC/C=C\CCCCCCCC. The molecule has 0 saturated carbocycles. The maximum Gasteiger partial charge on any atom is 0.322 e. The van der Waals surface area contributed by atoms with E-state index in [0.717, 1.165) is 57.8 Å². The summed E-state index contributed by atoms with van der Waals surface area (Å²) in [5.74, 6) is -1.35. The lowest BCUT2D eigenvalue weighted by molar-refractivity contribution is -0.147. The Bertz CT molecular complexity index is 658. The minimum Gasteiger partial charge on any atom is -0.480 e. The summed E-state index contributed by atoms with van der Waals surface area (Å²) in [5.41, 5.74) is 0. The number of amides is 1. The molecule has 0 aliphatic rings. The molecular weight excluding hydrogens is 490 g/mol. The minimum atomic E-state index is -1.03. The zero-order valence-corrected chi connectivity index (χ0v) is 25.2. The van der Waals surface area contributed by atoms with Gasteiger partial charge in [-0.3, -0.25) is 14.4 Å². The highest BCUT2D eigenvalue weighted by atomic mass is 16.5. The van der Waals surface area contributed by atoms with Crippen LogP contribution in [0.4, 0.5) is 0 Å². The van der Waals surface area contributed by atoms with E-state index < -0.39 is 5.97 Å². The number of carbonyl (C=O) groups is 3. The summed E-state index contributed by atoms with van der Waals surface area (Å²) in [6, 6.07) is 0. The number of esters is 1. The molecule has 1 atom stereocenters. The smallest absolute Gasteiger partial charge is 0.322 e. The normalized spacial score (nSPS) is 12.3. The Labute approximate surface area is 239 Å². The highest BCUT2D eigenvalue weighted by Gasteiger charge is 2.11. The van der Waals surface area contributed by atoms with Gasteiger partial charge in [-0.25, -0.2) is 0 Å². The number of rotatable bonds is 28. The highest BCUT2D eigenvalue weighted by Crippen LogP contribution is 2.14. The monoisotopic (exact) mass is 549 g/mol. The number of ether oxygens (including phenoxy) is 1. The molecule has 0 rings (SSSR count). The molecule has 0 aromatic rings. The summed E-state index contributed by atoms with van der Waals surface area (Å²) >= 11 is 0. The zero-order valence-electron chi connectivity index (χ0n) is 25.2. The van der Waals surface area contributed by atoms with Gasteiger partial charge in [0, 0.05) is 12.8 Å². The zero-order chi connectivity index (χ0) is 28.8. The lowest BCUT2D eigenvalue weighted by Crippen LogP contribution is -2.28. The third kappa shape index (κ3) is 28.7. The van der Waals surface area contributed by atoms with Crippen LogP contribution in [-0.4, -0.2) is 35.6 Å². The van der Waals surface area contributed by atoms with Crippen molar-refractivity contribution in [3.8, 4) is 0 Å². The Balaban J connectivity index is 3.87. The first kappa shape index (κ1) is 36.9. The molecule has 226 valence electrons. The van der Waals surface area contributed by atoms with E-state index in [1.807, 2.05) is 6.08 Å². The molecule has 0 saturated heterocycles. The first-order valence-electron chi connectivity index (χ1n) is 16.0. The van der Waals surface area contributed by atoms with E-state index >= 15 is 0 Å². The first-order valence-corrected chi connectivity index (χ1v) is 16.0. The van der Waals surface area contributed by atoms with Crippen LogP contribution in [0.15, 0.2) is 24.3 Å². The minimum absolute atomic E-state index is 0.103. The van der Waals surface area contributed by atoms with Crippen LogP contribution in [-0.2, 0) is 19.1 Å². The summed E-state index contributed by atoms with van der Waals surface area (Å²) in [5, 5.41) is 11.0. The predicted molar refractivity (Wildman–Crippen MR) is 162 cm³/mol. The molecule has 1 unspecified atom stereocenters. The van der Waals surface area contributed by atoms with Gasteiger partial charge in [-0.1, -0.05) is 103 Å². The van der Waals surface area contributed by atoms with Crippen LogP contribution >= 0.6 is 0 Å². The molecule has 0 aliphatic heterocycles. The van der Waals surface area contributed by atoms with E-state index in [0.29, 0.717) is 12.8 Å². The van der Waals surface area contributed by atoms with Crippen molar-refractivity contribution in [2.24, 2.45) is 0 Å². The summed E-state index contributed by atoms with van der Waals surface area (Å²) in [6.45, 7) is 4.06. The fraction of sp³-hybridized carbons (Fsp3) is 0.788. The number of hydrogen-bond acceptors (Lipinski definition) is 4. The van der Waals surface area contributed by atoms with Crippen molar-refractivity contribution in [1.29, 1.82) is 0 Å². The number of nitrogens with one attached hydrogen (secondary N) is 1. The Hall–Kier alpha value is -2.11. The molecular formula is C33H59NO5.